The number of anilines is 1. The summed E-state index contributed by atoms with van der Waals surface area (Å²) in [5.41, 5.74) is 2.90. The lowest BCUT2D eigenvalue weighted by atomic mass is 10.1. The van der Waals surface area contributed by atoms with Crippen LogP contribution in [0.2, 0.25) is 0 Å². The Bertz CT molecular complexity index is 566. The van der Waals surface area contributed by atoms with Crippen LogP contribution in [0, 0.1) is 6.92 Å². The summed E-state index contributed by atoms with van der Waals surface area (Å²) in [6, 6.07) is 6.51. The number of alkyl halides is 2. The summed E-state index contributed by atoms with van der Waals surface area (Å²) in [7, 11) is 1.87. The van der Waals surface area contributed by atoms with Gasteiger partial charge in [0, 0.05) is 24.5 Å². The lowest BCUT2D eigenvalue weighted by Crippen LogP contribution is -2.07. The van der Waals surface area contributed by atoms with Crippen molar-refractivity contribution in [3.05, 3.63) is 41.7 Å². The molecule has 0 amide bonds. The standard InChI is InChI=1S/C14H17F2N3O/c1-9(13-8-19(3)18-10(13)2)17-11-4-6-12(7-5-11)20-14(15)16/h4-9,14,17H,1-3H3. The second kappa shape index (κ2) is 5.90. The fourth-order valence-corrected chi connectivity index (χ4v) is 2.10. The molecule has 0 radical (unpaired) electrons. The summed E-state index contributed by atoms with van der Waals surface area (Å²) in [6.07, 6.45) is 1.96. The van der Waals surface area contributed by atoms with Gasteiger partial charge in [-0.2, -0.15) is 13.9 Å². The smallest absolute Gasteiger partial charge is 0.387 e. The van der Waals surface area contributed by atoms with Crippen LogP contribution in [0.5, 0.6) is 5.75 Å². The quantitative estimate of drug-likeness (QED) is 0.911. The van der Waals surface area contributed by atoms with Gasteiger partial charge in [0.15, 0.2) is 0 Å². The highest BCUT2D eigenvalue weighted by molar-refractivity contribution is 5.48. The van der Waals surface area contributed by atoms with E-state index in [-0.39, 0.29) is 11.8 Å². The molecule has 1 aromatic heterocycles. The average Bonchev–Trinajstić information content (AvgIpc) is 2.70. The highest BCUT2D eigenvalue weighted by atomic mass is 19.3. The minimum Gasteiger partial charge on any atom is -0.435 e. The van der Waals surface area contributed by atoms with Crippen LogP contribution in [0.3, 0.4) is 0 Å². The molecule has 1 heterocycles. The molecule has 1 aromatic carbocycles. The number of hydrogen-bond donors (Lipinski definition) is 1. The van der Waals surface area contributed by atoms with Crippen molar-refractivity contribution >= 4 is 5.69 Å². The summed E-state index contributed by atoms with van der Waals surface area (Å²) >= 11 is 0. The summed E-state index contributed by atoms with van der Waals surface area (Å²) in [5, 5.41) is 7.59. The van der Waals surface area contributed by atoms with Crippen LogP contribution in [0.15, 0.2) is 30.5 Å². The third-order valence-corrected chi connectivity index (χ3v) is 2.98. The maximum atomic E-state index is 12.1. The third kappa shape index (κ3) is 3.46. The van der Waals surface area contributed by atoms with Crippen LogP contribution in [0.4, 0.5) is 14.5 Å². The molecular weight excluding hydrogens is 264 g/mol. The summed E-state index contributed by atoms with van der Waals surface area (Å²) in [6.45, 7) is 1.17. The largest absolute Gasteiger partial charge is 0.435 e. The predicted octanol–water partition coefficient (Wildman–Crippen LogP) is 3.50. The molecule has 1 unspecified atom stereocenters. The Morgan fingerprint density at radius 2 is 1.90 bits per heavy atom. The van der Waals surface area contributed by atoms with Crippen LogP contribution in [-0.4, -0.2) is 16.4 Å². The minimum atomic E-state index is -2.80. The SMILES string of the molecule is Cc1nn(C)cc1C(C)Nc1ccc(OC(F)F)cc1. The van der Waals surface area contributed by atoms with Crippen LogP contribution in [-0.2, 0) is 7.05 Å². The Hall–Kier alpha value is -2.11. The third-order valence-electron chi connectivity index (χ3n) is 2.98. The molecule has 6 heteroatoms. The van der Waals surface area contributed by atoms with E-state index in [1.165, 1.54) is 12.1 Å². The number of halogens is 2. The first-order chi connectivity index (χ1) is 9.45. The number of benzene rings is 1. The number of rotatable bonds is 5. The van der Waals surface area contributed by atoms with E-state index < -0.39 is 6.61 Å². The number of nitrogens with one attached hydrogen (secondary N) is 1. The van der Waals surface area contributed by atoms with E-state index in [0.717, 1.165) is 16.9 Å². The van der Waals surface area contributed by atoms with Crippen LogP contribution in [0.1, 0.15) is 24.2 Å². The second-order valence-corrected chi connectivity index (χ2v) is 4.61. The van der Waals surface area contributed by atoms with Gasteiger partial charge >= 0.3 is 6.61 Å². The van der Waals surface area contributed by atoms with Crippen molar-refractivity contribution in [2.75, 3.05) is 5.32 Å². The van der Waals surface area contributed by atoms with Crippen molar-refractivity contribution in [1.82, 2.24) is 9.78 Å². The van der Waals surface area contributed by atoms with E-state index >= 15 is 0 Å². The van der Waals surface area contributed by atoms with Crippen LogP contribution < -0.4 is 10.1 Å². The van der Waals surface area contributed by atoms with Crippen LogP contribution >= 0.6 is 0 Å². The molecule has 0 aliphatic carbocycles. The maximum absolute atomic E-state index is 12.1. The van der Waals surface area contributed by atoms with E-state index in [1.807, 2.05) is 27.1 Å². The zero-order valence-electron chi connectivity index (χ0n) is 11.6. The van der Waals surface area contributed by atoms with Gasteiger partial charge in [0.2, 0.25) is 0 Å². The molecule has 0 fully saturated rings. The molecule has 2 aromatic rings. The molecule has 0 aliphatic rings. The Labute approximate surface area is 116 Å². The van der Waals surface area contributed by atoms with Crippen molar-refractivity contribution in [2.24, 2.45) is 7.05 Å². The zero-order chi connectivity index (χ0) is 14.7. The summed E-state index contributed by atoms with van der Waals surface area (Å²) in [5.74, 6) is 0.149. The number of aryl methyl sites for hydroxylation is 2. The molecule has 20 heavy (non-hydrogen) atoms. The lowest BCUT2D eigenvalue weighted by molar-refractivity contribution is -0.0498. The zero-order valence-corrected chi connectivity index (χ0v) is 11.6. The molecule has 4 nitrogen and oxygen atoms in total. The molecule has 108 valence electrons. The van der Waals surface area contributed by atoms with Gasteiger partial charge in [0.25, 0.3) is 0 Å². The molecule has 2 rings (SSSR count). The molecule has 0 spiro atoms. The first kappa shape index (κ1) is 14.3. The number of hydrogen-bond acceptors (Lipinski definition) is 3. The minimum absolute atomic E-state index is 0.0746. The van der Waals surface area contributed by atoms with Gasteiger partial charge in [0.1, 0.15) is 5.75 Å². The number of aromatic nitrogens is 2. The normalized spacial score (nSPS) is 12.5. The molecule has 0 bridgehead atoms. The fourth-order valence-electron chi connectivity index (χ4n) is 2.10. The second-order valence-electron chi connectivity index (χ2n) is 4.61. The maximum Gasteiger partial charge on any atom is 0.387 e. The fraction of sp³-hybridized carbons (Fsp3) is 0.357. The lowest BCUT2D eigenvalue weighted by Gasteiger charge is -2.15. The van der Waals surface area contributed by atoms with Crippen molar-refractivity contribution in [1.29, 1.82) is 0 Å². The Morgan fingerprint density at radius 3 is 2.40 bits per heavy atom. The number of ether oxygens (including phenoxy) is 1. The van der Waals surface area contributed by atoms with E-state index in [2.05, 4.69) is 15.2 Å². The average molecular weight is 281 g/mol. The topological polar surface area (TPSA) is 39.1 Å². The highest BCUT2D eigenvalue weighted by Crippen LogP contribution is 2.23. The van der Waals surface area contributed by atoms with Crippen molar-refractivity contribution in [3.63, 3.8) is 0 Å². The van der Waals surface area contributed by atoms with Crippen molar-refractivity contribution in [3.8, 4) is 5.75 Å². The van der Waals surface area contributed by atoms with Gasteiger partial charge in [-0.25, -0.2) is 0 Å². The first-order valence-corrected chi connectivity index (χ1v) is 6.27. The van der Waals surface area contributed by atoms with Crippen molar-refractivity contribution < 1.29 is 13.5 Å². The molecule has 0 saturated carbocycles. The van der Waals surface area contributed by atoms with E-state index in [1.54, 1.807) is 16.8 Å². The van der Waals surface area contributed by atoms with E-state index in [0.29, 0.717) is 0 Å². The predicted molar refractivity (Wildman–Crippen MR) is 73.1 cm³/mol. The Balaban J connectivity index is 2.04. The molecule has 1 atom stereocenters. The van der Waals surface area contributed by atoms with Gasteiger partial charge in [-0.3, -0.25) is 4.68 Å². The van der Waals surface area contributed by atoms with Gasteiger partial charge in [-0.15, -0.1) is 0 Å². The first-order valence-electron chi connectivity index (χ1n) is 6.27. The monoisotopic (exact) mass is 281 g/mol. The molecule has 0 saturated heterocycles. The van der Waals surface area contributed by atoms with Gasteiger partial charge < -0.3 is 10.1 Å². The molecule has 1 N–H and O–H groups in total. The van der Waals surface area contributed by atoms with E-state index in [9.17, 15) is 8.78 Å². The van der Waals surface area contributed by atoms with Crippen molar-refractivity contribution in [2.45, 2.75) is 26.5 Å². The molecule has 0 aliphatic heterocycles. The van der Waals surface area contributed by atoms with Gasteiger partial charge in [-0.1, -0.05) is 0 Å². The summed E-state index contributed by atoms with van der Waals surface area (Å²) in [4.78, 5) is 0. The highest BCUT2D eigenvalue weighted by Gasteiger charge is 2.11. The van der Waals surface area contributed by atoms with Gasteiger partial charge in [-0.05, 0) is 38.1 Å². The van der Waals surface area contributed by atoms with Crippen LogP contribution in [0.25, 0.3) is 0 Å². The summed E-state index contributed by atoms with van der Waals surface area (Å²) < 4.78 is 30.2. The van der Waals surface area contributed by atoms with E-state index in [4.69, 9.17) is 0 Å². The van der Waals surface area contributed by atoms with Gasteiger partial charge in [0.05, 0.1) is 11.7 Å². The Morgan fingerprint density at radius 1 is 1.25 bits per heavy atom. The Kier molecular flexibility index (Phi) is 4.22. The number of nitrogens with zero attached hydrogens (tertiary/aromatic N) is 2. The molecular formula is C14H17F2N3O.